The first-order chi connectivity index (χ1) is 14.1. The van der Waals surface area contributed by atoms with Crippen molar-refractivity contribution in [2.45, 2.75) is 38.0 Å². The highest BCUT2D eigenvalue weighted by Gasteiger charge is 2.14. The van der Waals surface area contributed by atoms with Crippen LogP contribution >= 0.6 is 11.8 Å². The number of amides is 2. The Labute approximate surface area is 174 Å². The quantitative estimate of drug-likeness (QED) is 0.121. The van der Waals surface area contributed by atoms with E-state index in [0.29, 0.717) is 30.1 Å². The molecule has 0 aliphatic heterocycles. The molecule has 2 aromatic rings. The second-order valence-electron chi connectivity index (χ2n) is 6.34. The van der Waals surface area contributed by atoms with E-state index in [9.17, 15) is 9.59 Å². The van der Waals surface area contributed by atoms with E-state index in [4.69, 9.17) is 5.26 Å². The molecule has 1 heterocycles. The number of carbonyl (C=O) groups excluding carboxylic acids is 2. The summed E-state index contributed by atoms with van der Waals surface area (Å²) in [4.78, 5) is 38.5. The van der Waals surface area contributed by atoms with Gasteiger partial charge in [0.25, 0.3) is 0 Å². The van der Waals surface area contributed by atoms with Crippen LogP contribution in [0.1, 0.15) is 36.7 Å². The first kappa shape index (κ1) is 22.7. The minimum atomic E-state index is -0.149. The Kier molecular flexibility index (Phi) is 9.49. The lowest BCUT2D eigenvalue weighted by atomic mass is 10.2. The van der Waals surface area contributed by atoms with Gasteiger partial charge in [0.05, 0.1) is 5.69 Å². The van der Waals surface area contributed by atoms with Gasteiger partial charge in [-0.3, -0.25) is 14.6 Å². The predicted octanol–water partition coefficient (Wildman–Crippen LogP) is 3.70. The van der Waals surface area contributed by atoms with E-state index >= 15 is 0 Å². The zero-order valence-electron chi connectivity index (χ0n) is 16.6. The van der Waals surface area contributed by atoms with Crippen molar-refractivity contribution in [2.75, 3.05) is 13.3 Å². The van der Waals surface area contributed by atoms with Gasteiger partial charge >= 0.3 is 0 Å². The summed E-state index contributed by atoms with van der Waals surface area (Å²) in [5, 5.41) is 9.14. The molecule has 0 atom stereocenters. The number of thioether (sulfide) groups is 1. The smallest absolute Gasteiger partial charge is 0.234 e. The number of hydrogen-bond acceptors (Lipinski definition) is 6. The maximum absolute atomic E-state index is 12.3. The van der Waals surface area contributed by atoms with Crippen molar-refractivity contribution in [1.29, 1.82) is 0 Å². The molecule has 154 valence electrons. The summed E-state index contributed by atoms with van der Waals surface area (Å²) < 4.78 is 0. The zero-order chi connectivity index (χ0) is 21.1. The van der Waals surface area contributed by atoms with Crippen molar-refractivity contribution in [3.63, 3.8) is 0 Å². The number of aliphatic imine (C=N–C) groups is 1. The van der Waals surface area contributed by atoms with Crippen LogP contribution in [0.3, 0.4) is 0 Å². The molecule has 29 heavy (non-hydrogen) atoms. The number of benzene rings is 1. The molecule has 0 fully saturated rings. The third kappa shape index (κ3) is 7.08. The molecule has 1 N–H and O–H groups in total. The molecule has 0 radical (unpaired) electrons. The van der Waals surface area contributed by atoms with E-state index in [1.54, 1.807) is 6.07 Å². The second kappa shape index (κ2) is 12.1. The Balaban J connectivity index is 2.12. The van der Waals surface area contributed by atoms with Crippen molar-refractivity contribution in [2.24, 2.45) is 4.99 Å². The predicted molar refractivity (Wildman–Crippen MR) is 113 cm³/mol. The molecule has 0 unspecified atom stereocenters. The molecule has 0 bridgehead atoms. The van der Waals surface area contributed by atoms with Crippen LogP contribution in [0.5, 0.6) is 0 Å². The van der Waals surface area contributed by atoms with Crippen molar-refractivity contribution < 1.29 is 19.7 Å². The van der Waals surface area contributed by atoms with E-state index < -0.39 is 0 Å². The lowest BCUT2D eigenvalue weighted by Crippen LogP contribution is -2.33. The van der Waals surface area contributed by atoms with Gasteiger partial charge in [-0.05, 0) is 43.5 Å². The number of hydrogen-bond donors (Lipinski definition) is 1. The highest BCUT2D eigenvalue weighted by atomic mass is 32.2. The standard InChI is InChI=1S/C21H25N3O4S/c1-3-13-24(15-28-27)20(26)12-11-17-8-6-9-18(23-17)21(22-14-25)29-19-10-5-4-7-16(19)2/h4-10,14,27H,3,11-13,15H2,1-2H3. The van der Waals surface area contributed by atoms with Crippen LogP contribution in [-0.4, -0.2) is 45.8 Å². The van der Waals surface area contributed by atoms with Gasteiger partial charge in [-0.25, -0.2) is 15.1 Å². The average molecular weight is 416 g/mol. The molecule has 2 amide bonds. The van der Waals surface area contributed by atoms with Crippen molar-refractivity contribution in [3.05, 3.63) is 59.4 Å². The van der Waals surface area contributed by atoms with Crippen LogP contribution in [-0.2, 0) is 20.9 Å². The molecule has 7 nitrogen and oxygen atoms in total. The number of rotatable bonds is 10. The van der Waals surface area contributed by atoms with E-state index in [2.05, 4.69) is 14.9 Å². The average Bonchev–Trinajstić information content (AvgIpc) is 2.73. The highest BCUT2D eigenvalue weighted by Crippen LogP contribution is 2.26. The third-order valence-electron chi connectivity index (χ3n) is 4.15. The first-order valence-corrected chi connectivity index (χ1v) is 10.2. The van der Waals surface area contributed by atoms with E-state index in [-0.39, 0.29) is 19.1 Å². The van der Waals surface area contributed by atoms with Crippen LogP contribution in [0.4, 0.5) is 0 Å². The lowest BCUT2D eigenvalue weighted by molar-refractivity contribution is -0.266. The normalized spacial score (nSPS) is 11.3. The Morgan fingerprint density at radius 3 is 2.76 bits per heavy atom. The molecule has 0 aliphatic carbocycles. The van der Waals surface area contributed by atoms with Gasteiger partial charge in [0.1, 0.15) is 5.04 Å². The summed E-state index contributed by atoms with van der Waals surface area (Å²) in [7, 11) is 0. The molecule has 0 saturated carbocycles. The number of carbonyl (C=O) groups is 2. The van der Waals surface area contributed by atoms with Gasteiger partial charge in [-0.1, -0.05) is 43.0 Å². The fourth-order valence-electron chi connectivity index (χ4n) is 2.70. The number of aryl methyl sites for hydroxylation is 2. The van der Waals surface area contributed by atoms with Crippen LogP contribution in [0.15, 0.2) is 52.4 Å². The van der Waals surface area contributed by atoms with Crippen LogP contribution < -0.4 is 0 Å². The number of pyridine rings is 1. The minimum Gasteiger partial charge on any atom is -0.317 e. The zero-order valence-corrected chi connectivity index (χ0v) is 17.4. The van der Waals surface area contributed by atoms with Gasteiger partial charge in [-0.15, -0.1) is 0 Å². The Morgan fingerprint density at radius 1 is 1.28 bits per heavy atom. The monoisotopic (exact) mass is 415 g/mol. The van der Waals surface area contributed by atoms with Gasteiger partial charge in [0.15, 0.2) is 6.73 Å². The van der Waals surface area contributed by atoms with Gasteiger partial charge < -0.3 is 4.90 Å². The molecular formula is C21H25N3O4S. The van der Waals surface area contributed by atoms with Crippen molar-refractivity contribution in [3.8, 4) is 0 Å². The number of nitrogens with zero attached hydrogens (tertiary/aromatic N) is 3. The molecule has 1 aromatic heterocycles. The summed E-state index contributed by atoms with van der Waals surface area (Å²) in [5.41, 5.74) is 2.39. The van der Waals surface area contributed by atoms with Crippen LogP contribution in [0.25, 0.3) is 0 Å². The SMILES string of the molecule is CCCN(COO)C(=O)CCc1cccc(C(=NC=O)Sc2ccccc2C)n1. The maximum atomic E-state index is 12.3. The van der Waals surface area contributed by atoms with E-state index in [0.717, 1.165) is 22.6 Å². The maximum Gasteiger partial charge on any atom is 0.234 e. The van der Waals surface area contributed by atoms with Gasteiger partial charge in [-0.2, -0.15) is 0 Å². The molecule has 0 aliphatic rings. The van der Waals surface area contributed by atoms with Gasteiger partial charge in [0.2, 0.25) is 12.3 Å². The topological polar surface area (TPSA) is 92.1 Å². The fourth-order valence-corrected chi connectivity index (χ4v) is 3.60. The summed E-state index contributed by atoms with van der Waals surface area (Å²) in [6, 6.07) is 13.3. The summed E-state index contributed by atoms with van der Waals surface area (Å²) in [5.74, 6) is -0.121. The molecule has 2 rings (SSSR count). The summed E-state index contributed by atoms with van der Waals surface area (Å²) in [6.07, 6.45) is 1.95. The fraction of sp³-hybridized carbons (Fsp3) is 0.333. The summed E-state index contributed by atoms with van der Waals surface area (Å²) in [6.45, 7) is 4.30. The van der Waals surface area contributed by atoms with Crippen LogP contribution in [0.2, 0.25) is 0 Å². The third-order valence-corrected chi connectivity index (χ3v) is 5.34. The Bertz CT molecular complexity index is 851. The Hall–Kier alpha value is -2.55. The van der Waals surface area contributed by atoms with Crippen molar-refractivity contribution in [1.82, 2.24) is 9.88 Å². The van der Waals surface area contributed by atoms with Crippen LogP contribution in [0, 0.1) is 6.92 Å². The second-order valence-corrected chi connectivity index (χ2v) is 7.37. The summed E-state index contributed by atoms with van der Waals surface area (Å²) >= 11 is 1.38. The first-order valence-electron chi connectivity index (χ1n) is 9.34. The lowest BCUT2D eigenvalue weighted by Gasteiger charge is -2.19. The van der Waals surface area contributed by atoms with E-state index in [1.165, 1.54) is 16.7 Å². The molecule has 0 saturated heterocycles. The Morgan fingerprint density at radius 2 is 2.07 bits per heavy atom. The number of aromatic nitrogens is 1. The molecule has 1 aromatic carbocycles. The van der Waals surface area contributed by atoms with E-state index in [1.807, 2.05) is 50.2 Å². The minimum absolute atomic E-state index is 0.121. The highest BCUT2D eigenvalue weighted by molar-refractivity contribution is 8.14. The molecular weight excluding hydrogens is 390 g/mol. The van der Waals surface area contributed by atoms with Gasteiger partial charge in [0, 0.05) is 23.6 Å². The largest absolute Gasteiger partial charge is 0.317 e. The molecule has 0 spiro atoms. The molecule has 8 heteroatoms. The van der Waals surface area contributed by atoms with Crippen molar-refractivity contribution >= 4 is 29.1 Å².